The lowest BCUT2D eigenvalue weighted by molar-refractivity contribution is -0.304. The molecule has 1 heterocycles. The van der Waals surface area contributed by atoms with E-state index in [0.717, 1.165) is 19.3 Å². The van der Waals surface area contributed by atoms with Crippen molar-refractivity contribution >= 4 is 0 Å². The van der Waals surface area contributed by atoms with Crippen molar-refractivity contribution in [3.63, 3.8) is 0 Å². The zero-order chi connectivity index (χ0) is 20.4. The van der Waals surface area contributed by atoms with E-state index in [1.165, 1.54) is 0 Å². The Bertz CT molecular complexity index is 457. The van der Waals surface area contributed by atoms with E-state index >= 15 is 0 Å². The Balaban J connectivity index is 1.81. The highest BCUT2D eigenvalue weighted by atomic mass is 16.7. The standard InChI is InChI=1S/C19H36O8/c1-10-6-12(22)7-19(2,3)13(10)5-4-11(21)9-26-18-17(25)16(24)15(23)14(8-20)27-18/h10-18,20-25H,4-9H2,1-3H3. The van der Waals surface area contributed by atoms with Gasteiger partial charge in [-0.25, -0.2) is 0 Å². The van der Waals surface area contributed by atoms with Gasteiger partial charge in [0.05, 0.1) is 25.4 Å². The van der Waals surface area contributed by atoms with Gasteiger partial charge in [0.15, 0.2) is 6.29 Å². The third-order valence-corrected chi connectivity index (χ3v) is 6.21. The lowest BCUT2D eigenvalue weighted by Crippen LogP contribution is -2.59. The first-order valence-corrected chi connectivity index (χ1v) is 9.85. The fourth-order valence-corrected chi connectivity index (χ4v) is 4.75. The normalized spacial score (nSPS) is 43.4. The van der Waals surface area contributed by atoms with Crippen LogP contribution in [0.25, 0.3) is 0 Å². The molecule has 160 valence electrons. The Labute approximate surface area is 160 Å². The van der Waals surface area contributed by atoms with E-state index in [2.05, 4.69) is 20.8 Å². The molecule has 0 aromatic rings. The molecule has 8 nitrogen and oxygen atoms in total. The van der Waals surface area contributed by atoms with Crippen LogP contribution in [0.4, 0.5) is 0 Å². The maximum absolute atomic E-state index is 10.3. The largest absolute Gasteiger partial charge is 0.394 e. The summed E-state index contributed by atoms with van der Waals surface area (Å²) < 4.78 is 10.7. The van der Waals surface area contributed by atoms with Gasteiger partial charge in [-0.1, -0.05) is 20.8 Å². The van der Waals surface area contributed by atoms with Gasteiger partial charge in [-0.3, -0.25) is 0 Å². The van der Waals surface area contributed by atoms with Crippen molar-refractivity contribution in [3.8, 4) is 0 Å². The highest BCUT2D eigenvalue weighted by molar-refractivity contribution is 4.91. The number of hydrogen-bond acceptors (Lipinski definition) is 8. The second-order valence-corrected chi connectivity index (χ2v) is 8.93. The van der Waals surface area contributed by atoms with Crippen molar-refractivity contribution in [1.82, 2.24) is 0 Å². The van der Waals surface area contributed by atoms with Crippen LogP contribution in [0.5, 0.6) is 0 Å². The van der Waals surface area contributed by atoms with Crippen molar-refractivity contribution in [2.45, 2.75) is 89.4 Å². The Hall–Kier alpha value is -0.320. The minimum absolute atomic E-state index is 0.00503. The summed E-state index contributed by atoms with van der Waals surface area (Å²) >= 11 is 0. The third-order valence-electron chi connectivity index (χ3n) is 6.21. The molecule has 0 spiro atoms. The van der Waals surface area contributed by atoms with E-state index in [1.54, 1.807) is 0 Å². The molecule has 1 aliphatic heterocycles. The summed E-state index contributed by atoms with van der Waals surface area (Å²) in [5.74, 6) is 0.741. The quantitative estimate of drug-likeness (QED) is 0.337. The smallest absolute Gasteiger partial charge is 0.186 e. The second-order valence-electron chi connectivity index (χ2n) is 8.93. The average molecular weight is 392 g/mol. The van der Waals surface area contributed by atoms with Gasteiger partial charge in [-0.2, -0.15) is 0 Å². The predicted octanol–water partition coefficient (Wildman–Crippen LogP) is -0.623. The minimum atomic E-state index is -1.49. The van der Waals surface area contributed by atoms with Crippen LogP contribution in [0.3, 0.4) is 0 Å². The molecule has 1 saturated heterocycles. The lowest BCUT2D eigenvalue weighted by atomic mass is 9.61. The lowest BCUT2D eigenvalue weighted by Gasteiger charge is -2.45. The minimum Gasteiger partial charge on any atom is -0.394 e. The molecule has 0 bridgehead atoms. The fraction of sp³-hybridized carbons (Fsp3) is 1.00. The van der Waals surface area contributed by atoms with Gasteiger partial charge in [0.25, 0.3) is 0 Å². The van der Waals surface area contributed by atoms with Crippen molar-refractivity contribution in [2.75, 3.05) is 13.2 Å². The molecule has 2 aliphatic rings. The number of rotatable bonds is 7. The summed E-state index contributed by atoms with van der Waals surface area (Å²) in [6.07, 6.45) is -4.87. The molecule has 2 fully saturated rings. The van der Waals surface area contributed by atoms with Crippen molar-refractivity contribution in [1.29, 1.82) is 0 Å². The van der Waals surface area contributed by atoms with Crippen molar-refractivity contribution < 1.29 is 40.1 Å². The van der Waals surface area contributed by atoms with Gasteiger partial charge in [-0.05, 0) is 42.9 Å². The van der Waals surface area contributed by atoms with E-state index in [0.29, 0.717) is 18.3 Å². The molecule has 1 aliphatic carbocycles. The zero-order valence-electron chi connectivity index (χ0n) is 16.4. The summed E-state index contributed by atoms with van der Waals surface area (Å²) in [5, 5.41) is 58.9. The van der Waals surface area contributed by atoms with Crippen LogP contribution >= 0.6 is 0 Å². The van der Waals surface area contributed by atoms with Gasteiger partial charge < -0.3 is 40.1 Å². The Morgan fingerprint density at radius 1 is 1.11 bits per heavy atom. The number of aliphatic hydroxyl groups excluding tert-OH is 6. The average Bonchev–Trinajstić information content (AvgIpc) is 2.57. The molecule has 0 amide bonds. The molecule has 1 saturated carbocycles. The summed E-state index contributed by atoms with van der Waals surface area (Å²) in [7, 11) is 0. The molecule has 0 aromatic heterocycles. The molecule has 27 heavy (non-hydrogen) atoms. The Morgan fingerprint density at radius 2 is 1.78 bits per heavy atom. The first-order valence-electron chi connectivity index (χ1n) is 9.85. The maximum atomic E-state index is 10.3. The first kappa shape index (κ1) is 23.0. The van der Waals surface area contributed by atoms with E-state index in [-0.39, 0.29) is 18.1 Å². The van der Waals surface area contributed by atoms with Gasteiger partial charge in [0.1, 0.15) is 24.4 Å². The molecule has 9 atom stereocenters. The van der Waals surface area contributed by atoms with Crippen LogP contribution in [-0.2, 0) is 9.47 Å². The summed E-state index contributed by atoms with van der Waals surface area (Å²) in [4.78, 5) is 0. The van der Waals surface area contributed by atoms with E-state index in [4.69, 9.17) is 9.47 Å². The van der Waals surface area contributed by atoms with Crippen LogP contribution in [-0.4, -0.2) is 86.8 Å². The van der Waals surface area contributed by atoms with Crippen molar-refractivity contribution in [2.24, 2.45) is 17.3 Å². The molecule has 2 rings (SSSR count). The maximum Gasteiger partial charge on any atom is 0.186 e. The molecular weight excluding hydrogens is 356 g/mol. The number of ether oxygens (including phenoxy) is 2. The fourth-order valence-electron chi connectivity index (χ4n) is 4.75. The van der Waals surface area contributed by atoms with Crippen LogP contribution < -0.4 is 0 Å². The molecule has 9 unspecified atom stereocenters. The Morgan fingerprint density at radius 3 is 2.37 bits per heavy atom. The molecule has 0 aromatic carbocycles. The third kappa shape index (κ3) is 5.61. The van der Waals surface area contributed by atoms with Crippen LogP contribution in [0.15, 0.2) is 0 Å². The molecule has 6 N–H and O–H groups in total. The number of hydrogen-bond donors (Lipinski definition) is 6. The van der Waals surface area contributed by atoms with Gasteiger partial charge in [0.2, 0.25) is 0 Å². The van der Waals surface area contributed by atoms with Gasteiger partial charge >= 0.3 is 0 Å². The highest BCUT2D eigenvalue weighted by Gasteiger charge is 2.44. The first-order chi connectivity index (χ1) is 12.6. The highest BCUT2D eigenvalue weighted by Crippen LogP contribution is 2.46. The van der Waals surface area contributed by atoms with E-state index in [1.807, 2.05) is 0 Å². The zero-order valence-corrected chi connectivity index (χ0v) is 16.4. The summed E-state index contributed by atoms with van der Waals surface area (Å²) in [6.45, 7) is 5.81. The van der Waals surface area contributed by atoms with E-state index < -0.39 is 43.4 Å². The predicted molar refractivity (Wildman–Crippen MR) is 96.6 cm³/mol. The topological polar surface area (TPSA) is 140 Å². The molecular formula is C19H36O8. The SMILES string of the molecule is CC1CC(O)CC(C)(C)C1CCC(O)COC1OC(CO)C(O)C(O)C1O. The Kier molecular flexibility index (Phi) is 8.04. The van der Waals surface area contributed by atoms with Gasteiger partial charge in [-0.15, -0.1) is 0 Å². The molecule has 8 heteroatoms. The van der Waals surface area contributed by atoms with Crippen LogP contribution in [0, 0.1) is 17.3 Å². The summed E-state index contributed by atoms with van der Waals surface area (Å²) in [5.41, 5.74) is -0.00503. The van der Waals surface area contributed by atoms with E-state index in [9.17, 15) is 30.6 Å². The van der Waals surface area contributed by atoms with Crippen LogP contribution in [0.2, 0.25) is 0 Å². The van der Waals surface area contributed by atoms with Crippen LogP contribution in [0.1, 0.15) is 46.5 Å². The summed E-state index contributed by atoms with van der Waals surface area (Å²) in [6, 6.07) is 0. The number of aliphatic hydroxyl groups is 6. The second kappa shape index (κ2) is 9.45. The monoisotopic (exact) mass is 392 g/mol. The van der Waals surface area contributed by atoms with Crippen molar-refractivity contribution in [3.05, 3.63) is 0 Å². The molecule has 0 radical (unpaired) electrons. The van der Waals surface area contributed by atoms with Gasteiger partial charge in [0, 0.05) is 0 Å².